The number of hydrogen-bond acceptors (Lipinski definition) is 5. The van der Waals surface area contributed by atoms with E-state index in [0.29, 0.717) is 0 Å². The molecule has 0 heterocycles. The van der Waals surface area contributed by atoms with Gasteiger partial charge >= 0.3 is 0 Å². The highest BCUT2D eigenvalue weighted by molar-refractivity contribution is 6.33. The number of carbonyl (C=O) groups excluding carboxylic acids is 2. The topological polar surface area (TPSA) is 94.8 Å². The molecule has 5 heteroatoms. The minimum absolute atomic E-state index is 0.0469. The van der Waals surface area contributed by atoms with Gasteiger partial charge in [-0.2, -0.15) is 0 Å². The Morgan fingerprint density at radius 3 is 2.00 bits per heavy atom. The van der Waals surface area contributed by atoms with Crippen molar-refractivity contribution in [2.75, 3.05) is 0 Å². The first-order chi connectivity index (χ1) is 6.06. The fraction of sp³-hybridized carbons (Fsp3) is 0. The summed E-state index contributed by atoms with van der Waals surface area (Å²) < 4.78 is 0. The molecule has 3 N–H and O–H groups in total. The van der Waals surface area contributed by atoms with Crippen LogP contribution in [0.25, 0.3) is 0 Å². The zero-order chi connectivity index (χ0) is 10.0. The Balaban J connectivity index is 3.28. The zero-order valence-electron chi connectivity index (χ0n) is 6.39. The average Bonchev–Trinajstić information content (AvgIpc) is 2.12. The van der Waals surface area contributed by atoms with Gasteiger partial charge in [-0.1, -0.05) is 0 Å². The second kappa shape index (κ2) is 3.14. The Hall–Kier alpha value is -2.04. The molecular formula is C8H6O5. The van der Waals surface area contributed by atoms with Crippen molar-refractivity contribution in [1.82, 2.24) is 0 Å². The molecule has 1 aromatic rings. The first kappa shape index (κ1) is 9.05. The van der Waals surface area contributed by atoms with Crippen LogP contribution in [-0.2, 0) is 4.79 Å². The van der Waals surface area contributed by atoms with Gasteiger partial charge in [-0.3, -0.25) is 9.59 Å². The van der Waals surface area contributed by atoms with E-state index in [-0.39, 0.29) is 11.8 Å². The van der Waals surface area contributed by atoms with Crippen molar-refractivity contribution < 1.29 is 24.9 Å². The number of ketones is 1. The van der Waals surface area contributed by atoms with Crippen LogP contribution >= 0.6 is 0 Å². The minimum atomic E-state index is -0.884. The Morgan fingerprint density at radius 1 is 1.15 bits per heavy atom. The molecule has 0 amide bonds. The Kier molecular flexibility index (Phi) is 2.19. The summed E-state index contributed by atoms with van der Waals surface area (Å²) in [6.07, 6.45) is 0.0469. The molecule has 0 saturated carbocycles. The number of aldehydes is 1. The lowest BCUT2D eigenvalue weighted by atomic mass is 10.1. The van der Waals surface area contributed by atoms with E-state index in [1.54, 1.807) is 0 Å². The largest absolute Gasteiger partial charge is 0.504 e. The Labute approximate surface area is 72.9 Å². The number of benzene rings is 1. The van der Waals surface area contributed by atoms with Crippen LogP contribution in [0.5, 0.6) is 17.2 Å². The standard InChI is InChI=1S/C8H6O5/c9-3-7(12)4-1-5(10)8(13)6(11)2-4/h1-3,10-11,13H. The molecular weight excluding hydrogens is 176 g/mol. The van der Waals surface area contributed by atoms with Crippen LogP contribution in [-0.4, -0.2) is 27.4 Å². The van der Waals surface area contributed by atoms with Crippen LogP contribution in [0.1, 0.15) is 10.4 Å². The molecule has 1 rings (SSSR count). The van der Waals surface area contributed by atoms with Gasteiger partial charge in [0.1, 0.15) is 0 Å². The van der Waals surface area contributed by atoms with Crippen LogP contribution in [0.2, 0.25) is 0 Å². The summed E-state index contributed by atoms with van der Waals surface area (Å²) >= 11 is 0. The van der Waals surface area contributed by atoms with Crippen LogP contribution in [0.3, 0.4) is 0 Å². The molecule has 68 valence electrons. The van der Waals surface area contributed by atoms with Crippen LogP contribution in [0.15, 0.2) is 12.1 Å². The predicted molar refractivity (Wildman–Crippen MR) is 41.8 cm³/mol. The SMILES string of the molecule is O=CC(=O)c1cc(O)c(O)c(O)c1. The van der Waals surface area contributed by atoms with E-state index >= 15 is 0 Å². The molecule has 1 aromatic carbocycles. The highest BCUT2D eigenvalue weighted by Gasteiger charge is 2.12. The predicted octanol–water partition coefficient (Wildman–Crippen LogP) is 0.185. The third-order valence-corrected chi connectivity index (χ3v) is 1.46. The van der Waals surface area contributed by atoms with E-state index in [9.17, 15) is 9.59 Å². The van der Waals surface area contributed by atoms with E-state index in [1.165, 1.54) is 0 Å². The summed E-state index contributed by atoms with van der Waals surface area (Å²) in [5.74, 6) is -2.90. The summed E-state index contributed by atoms with van der Waals surface area (Å²) in [5.41, 5.74) is -0.178. The van der Waals surface area contributed by atoms with Gasteiger partial charge in [0.05, 0.1) is 0 Å². The number of Topliss-reactive ketones (excluding diaryl/α,β-unsaturated/α-hetero) is 1. The molecule has 0 aliphatic carbocycles. The zero-order valence-corrected chi connectivity index (χ0v) is 6.39. The molecule has 0 aliphatic heterocycles. The molecule has 0 fully saturated rings. The molecule has 0 radical (unpaired) electrons. The molecule has 0 atom stereocenters. The molecule has 0 saturated heterocycles. The summed E-state index contributed by atoms with van der Waals surface area (Å²) in [7, 11) is 0. The van der Waals surface area contributed by atoms with E-state index in [1.807, 2.05) is 0 Å². The van der Waals surface area contributed by atoms with Gasteiger partial charge < -0.3 is 15.3 Å². The van der Waals surface area contributed by atoms with Crippen molar-refractivity contribution in [1.29, 1.82) is 0 Å². The Morgan fingerprint density at radius 2 is 1.62 bits per heavy atom. The maximum absolute atomic E-state index is 10.8. The monoisotopic (exact) mass is 182 g/mol. The maximum Gasteiger partial charge on any atom is 0.225 e. The molecule has 0 aliphatic rings. The summed E-state index contributed by atoms with van der Waals surface area (Å²) in [4.78, 5) is 20.8. The highest BCUT2D eigenvalue weighted by Crippen LogP contribution is 2.35. The van der Waals surface area contributed by atoms with Crippen molar-refractivity contribution in [2.24, 2.45) is 0 Å². The maximum atomic E-state index is 10.8. The molecule has 0 spiro atoms. The van der Waals surface area contributed by atoms with E-state index < -0.39 is 23.0 Å². The fourth-order valence-electron chi connectivity index (χ4n) is 0.814. The molecule has 0 bridgehead atoms. The second-order valence-electron chi connectivity index (χ2n) is 2.35. The van der Waals surface area contributed by atoms with Crippen LogP contribution in [0.4, 0.5) is 0 Å². The number of hydrogen-bond donors (Lipinski definition) is 3. The number of carbonyl (C=O) groups is 2. The highest BCUT2D eigenvalue weighted by atomic mass is 16.3. The lowest BCUT2D eigenvalue weighted by molar-refractivity contribution is -0.104. The number of phenolic OH excluding ortho intramolecular Hbond substituents is 3. The van der Waals surface area contributed by atoms with Crippen molar-refractivity contribution in [3.8, 4) is 17.2 Å². The molecule has 0 aromatic heterocycles. The van der Waals surface area contributed by atoms with Crippen molar-refractivity contribution in [3.63, 3.8) is 0 Å². The van der Waals surface area contributed by atoms with Gasteiger partial charge in [0.15, 0.2) is 23.5 Å². The third-order valence-electron chi connectivity index (χ3n) is 1.46. The lowest BCUT2D eigenvalue weighted by Gasteiger charge is -2.01. The van der Waals surface area contributed by atoms with Gasteiger partial charge in [-0.15, -0.1) is 0 Å². The van der Waals surface area contributed by atoms with E-state index in [4.69, 9.17) is 15.3 Å². The van der Waals surface area contributed by atoms with Crippen LogP contribution < -0.4 is 0 Å². The first-order valence-electron chi connectivity index (χ1n) is 3.30. The van der Waals surface area contributed by atoms with Gasteiger partial charge in [-0.05, 0) is 12.1 Å². The Bertz CT molecular complexity index is 346. The van der Waals surface area contributed by atoms with Gasteiger partial charge in [0.25, 0.3) is 0 Å². The summed E-state index contributed by atoms with van der Waals surface area (Å²) in [6, 6.07) is 1.79. The number of phenols is 3. The van der Waals surface area contributed by atoms with Crippen molar-refractivity contribution in [2.45, 2.75) is 0 Å². The van der Waals surface area contributed by atoms with E-state index in [0.717, 1.165) is 12.1 Å². The van der Waals surface area contributed by atoms with E-state index in [2.05, 4.69) is 0 Å². The molecule has 0 unspecified atom stereocenters. The average molecular weight is 182 g/mol. The normalized spacial score (nSPS) is 9.54. The summed E-state index contributed by atoms with van der Waals surface area (Å²) in [6.45, 7) is 0. The van der Waals surface area contributed by atoms with Crippen molar-refractivity contribution >= 4 is 12.1 Å². The third kappa shape index (κ3) is 1.58. The quantitative estimate of drug-likeness (QED) is 0.262. The fourth-order valence-corrected chi connectivity index (χ4v) is 0.814. The molecule has 13 heavy (non-hydrogen) atoms. The van der Waals surface area contributed by atoms with Gasteiger partial charge in [-0.25, -0.2) is 0 Å². The summed E-state index contributed by atoms with van der Waals surface area (Å²) in [5, 5.41) is 26.8. The lowest BCUT2D eigenvalue weighted by Crippen LogP contribution is -1.98. The smallest absolute Gasteiger partial charge is 0.225 e. The number of aromatic hydroxyl groups is 3. The molecule has 5 nitrogen and oxygen atoms in total. The number of rotatable bonds is 2. The first-order valence-corrected chi connectivity index (χ1v) is 3.30. The minimum Gasteiger partial charge on any atom is -0.504 e. The van der Waals surface area contributed by atoms with Crippen LogP contribution in [0, 0.1) is 0 Å². The van der Waals surface area contributed by atoms with Gasteiger partial charge in [0.2, 0.25) is 5.78 Å². The van der Waals surface area contributed by atoms with Gasteiger partial charge in [0, 0.05) is 5.56 Å². The second-order valence-corrected chi connectivity index (χ2v) is 2.35. The van der Waals surface area contributed by atoms with Crippen molar-refractivity contribution in [3.05, 3.63) is 17.7 Å².